The van der Waals surface area contributed by atoms with Gasteiger partial charge in [0.05, 0.1) is 18.8 Å². The Kier molecular flexibility index (Phi) is 5.55. The lowest BCUT2D eigenvalue weighted by molar-refractivity contribution is 0.225. The first-order valence-corrected chi connectivity index (χ1v) is 7.35. The Hall–Kier alpha value is -2.34. The molecule has 0 unspecified atom stereocenters. The molecule has 0 aliphatic heterocycles. The van der Waals surface area contributed by atoms with Gasteiger partial charge in [-0.1, -0.05) is 44.2 Å². The van der Waals surface area contributed by atoms with Crippen molar-refractivity contribution in [2.75, 3.05) is 11.9 Å². The summed E-state index contributed by atoms with van der Waals surface area (Å²) in [6.07, 6.45) is 1.65. The van der Waals surface area contributed by atoms with Gasteiger partial charge in [0, 0.05) is 12.6 Å². The first-order chi connectivity index (χ1) is 10.6. The number of nitrogens with zero attached hydrogens (tertiary/aromatic N) is 2. The van der Waals surface area contributed by atoms with Gasteiger partial charge in [-0.05, 0) is 11.5 Å². The number of nitrogens with one attached hydrogen (secondary N) is 2. The summed E-state index contributed by atoms with van der Waals surface area (Å²) in [4.78, 5) is 12.1. The van der Waals surface area contributed by atoms with Crippen LogP contribution in [0.25, 0.3) is 0 Å². The summed E-state index contributed by atoms with van der Waals surface area (Å²) in [5.74, 6) is 1.06. The van der Waals surface area contributed by atoms with E-state index in [1.807, 2.05) is 30.3 Å². The van der Waals surface area contributed by atoms with Gasteiger partial charge in [-0.3, -0.25) is 5.32 Å². The molecule has 22 heavy (non-hydrogen) atoms. The van der Waals surface area contributed by atoms with Crippen LogP contribution in [0.3, 0.4) is 0 Å². The van der Waals surface area contributed by atoms with Crippen LogP contribution in [0, 0.1) is 5.92 Å². The van der Waals surface area contributed by atoms with Gasteiger partial charge < -0.3 is 10.4 Å². The van der Waals surface area contributed by atoms with Crippen molar-refractivity contribution in [1.82, 2.24) is 15.1 Å². The minimum atomic E-state index is -0.442. The molecular weight excluding hydrogens is 280 g/mol. The molecule has 1 heterocycles. The summed E-state index contributed by atoms with van der Waals surface area (Å²) >= 11 is 0. The van der Waals surface area contributed by atoms with Crippen LogP contribution < -0.4 is 10.6 Å². The minimum Gasteiger partial charge on any atom is -0.394 e. The summed E-state index contributed by atoms with van der Waals surface area (Å²) in [5.41, 5.74) is 0.857. The molecule has 2 rings (SSSR count). The maximum Gasteiger partial charge on any atom is 0.320 e. The van der Waals surface area contributed by atoms with Crippen molar-refractivity contribution in [3.63, 3.8) is 0 Å². The second-order valence-electron chi connectivity index (χ2n) is 5.54. The molecular formula is C16H22N4O2. The molecule has 118 valence electrons. The van der Waals surface area contributed by atoms with Crippen LogP contribution in [-0.2, 0) is 6.54 Å². The predicted molar refractivity (Wildman–Crippen MR) is 85.5 cm³/mol. The molecule has 2 amide bonds. The maximum absolute atomic E-state index is 12.1. The molecule has 0 aliphatic rings. The zero-order valence-electron chi connectivity index (χ0n) is 12.9. The lowest BCUT2D eigenvalue weighted by Gasteiger charge is -2.18. The van der Waals surface area contributed by atoms with Crippen LogP contribution in [0.1, 0.15) is 25.5 Å². The van der Waals surface area contributed by atoms with Gasteiger partial charge in [0.25, 0.3) is 0 Å². The Morgan fingerprint density at radius 2 is 2.00 bits per heavy atom. The van der Waals surface area contributed by atoms with E-state index < -0.39 is 6.04 Å². The molecule has 6 nitrogen and oxygen atoms in total. The van der Waals surface area contributed by atoms with Crippen molar-refractivity contribution >= 4 is 11.8 Å². The van der Waals surface area contributed by atoms with Gasteiger partial charge in [0.2, 0.25) is 0 Å². The van der Waals surface area contributed by atoms with E-state index in [0.29, 0.717) is 11.7 Å². The average Bonchev–Trinajstić information content (AvgIpc) is 2.92. The third-order valence-electron chi connectivity index (χ3n) is 3.19. The van der Waals surface area contributed by atoms with E-state index >= 15 is 0 Å². The highest BCUT2D eigenvalue weighted by Gasteiger charge is 2.14. The summed E-state index contributed by atoms with van der Waals surface area (Å²) < 4.78 is 1.75. The van der Waals surface area contributed by atoms with Crippen LogP contribution in [0.2, 0.25) is 0 Å². The molecule has 6 heteroatoms. The molecule has 1 aromatic carbocycles. The molecule has 0 saturated heterocycles. The molecule has 2 aromatic rings. The van der Waals surface area contributed by atoms with E-state index in [1.165, 1.54) is 0 Å². The summed E-state index contributed by atoms with van der Waals surface area (Å²) in [7, 11) is 0. The average molecular weight is 302 g/mol. The monoisotopic (exact) mass is 302 g/mol. The van der Waals surface area contributed by atoms with Crippen LogP contribution in [0.4, 0.5) is 10.6 Å². The van der Waals surface area contributed by atoms with Crippen molar-refractivity contribution < 1.29 is 9.90 Å². The van der Waals surface area contributed by atoms with Crippen molar-refractivity contribution in [3.05, 3.63) is 48.2 Å². The smallest absolute Gasteiger partial charge is 0.320 e. The zero-order valence-corrected chi connectivity index (χ0v) is 12.9. The minimum absolute atomic E-state index is 0.164. The largest absolute Gasteiger partial charge is 0.394 e. The van der Waals surface area contributed by atoms with Gasteiger partial charge in [-0.15, -0.1) is 0 Å². The number of aliphatic hydroxyl groups excluding tert-OH is 1. The zero-order chi connectivity index (χ0) is 15.9. The second-order valence-corrected chi connectivity index (χ2v) is 5.54. The molecule has 0 saturated carbocycles. The predicted octanol–water partition coefficient (Wildman–Crippen LogP) is 2.39. The fraction of sp³-hybridized carbons (Fsp3) is 0.375. The SMILES string of the molecule is CC(C)Cn1nccc1NC(=O)N[C@H](CO)c1ccccc1. The lowest BCUT2D eigenvalue weighted by Crippen LogP contribution is -2.35. The molecule has 3 N–H and O–H groups in total. The number of rotatable bonds is 6. The molecule has 1 atom stereocenters. The number of amides is 2. The third-order valence-corrected chi connectivity index (χ3v) is 3.19. The molecule has 0 aliphatic carbocycles. The maximum atomic E-state index is 12.1. The summed E-state index contributed by atoms with van der Waals surface area (Å²) in [6.45, 7) is 4.73. The van der Waals surface area contributed by atoms with Gasteiger partial charge in [-0.25, -0.2) is 9.48 Å². The highest BCUT2D eigenvalue weighted by Crippen LogP contribution is 2.13. The molecule has 0 radical (unpaired) electrons. The number of urea groups is 1. The van der Waals surface area contributed by atoms with E-state index in [2.05, 4.69) is 29.6 Å². The first-order valence-electron chi connectivity index (χ1n) is 7.35. The molecule has 1 aromatic heterocycles. The van der Waals surface area contributed by atoms with Gasteiger partial charge in [0.1, 0.15) is 5.82 Å². The third kappa shape index (κ3) is 4.33. The number of benzene rings is 1. The topological polar surface area (TPSA) is 79.2 Å². The Bertz CT molecular complexity index is 595. The first kappa shape index (κ1) is 16.0. The lowest BCUT2D eigenvalue weighted by atomic mass is 10.1. The fourth-order valence-electron chi connectivity index (χ4n) is 2.16. The number of aliphatic hydroxyl groups is 1. The van der Waals surface area contributed by atoms with E-state index in [0.717, 1.165) is 12.1 Å². The number of hydrogen-bond donors (Lipinski definition) is 3. The highest BCUT2D eigenvalue weighted by molar-refractivity contribution is 5.88. The number of hydrogen-bond acceptors (Lipinski definition) is 3. The fourth-order valence-corrected chi connectivity index (χ4v) is 2.16. The van der Waals surface area contributed by atoms with E-state index in [1.54, 1.807) is 16.9 Å². The summed E-state index contributed by atoms with van der Waals surface area (Å²) in [5, 5.41) is 19.2. The van der Waals surface area contributed by atoms with Gasteiger partial charge in [0.15, 0.2) is 0 Å². The van der Waals surface area contributed by atoms with Gasteiger partial charge in [-0.2, -0.15) is 5.10 Å². The number of anilines is 1. The molecule has 0 spiro atoms. The second kappa shape index (κ2) is 7.61. The Morgan fingerprint density at radius 3 is 2.64 bits per heavy atom. The van der Waals surface area contributed by atoms with Crippen molar-refractivity contribution in [3.8, 4) is 0 Å². The molecule has 0 bridgehead atoms. The molecule has 0 fully saturated rings. The van der Waals surface area contributed by atoms with Crippen LogP contribution in [0.15, 0.2) is 42.6 Å². The normalized spacial score (nSPS) is 12.2. The van der Waals surface area contributed by atoms with Gasteiger partial charge >= 0.3 is 6.03 Å². The Balaban J connectivity index is 1.99. The van der Waals surface area contributed by atoms with Crippen molar-refractivity contribution in [2.45, 2.75) is 26.4 Å². The van der Waals surface area contributed by atoms with Crippen molar-refractivity contribution in [2.24, 2.45) is 5.92 Å². The number of carbonyl (C=O) groups is 1. The Morgan fingerprint density at radius 1 is 1.27 bits per heavy atom. The number of aromatic nitrogens is 2. The standard InChI is InChI=1S/C16H22N4O2/c1-12(2)10-20-15(8-9-17-20)19-16(22)18-14(11-21)13-6-4-3-5-7-13/h3-9,12,14,21H,10-11H2,1-2H3,(H2,18,19,22)/t14-/m1/s1. The number of carbonyl (C=O) groups excluding carboxylic acids is 1. The van der Waals surface area contributed by atoms with Crippen LogP contribution in [0.5, 0.6) is 0 Å². The quantitative estimate of drug-likeness (QED) is 0.766. The van der Waals surface area contributed by atoms with E-state index in [-0.39, 0.29) is 12.6 Å². The van der Waals surface area contributed by atoms with Crippen LogP contribution in [-0.4, -0.2) is 27.5 Å². The summed E-state index contributed by atoms with van der Waals surface area (Å²) in [6, 6.07) is 10.3. The Labute approximate surface area is 130 Å². The highest BCUT2D eigenvalue weighted by atomic mass is 16.3. The van der Waals surface area contributed by atoms with Crippen LogP contribution >= 0.6 is 0 Å². The van der Waals surface area contributed by atoms with E-state index in [9.17, 15) is 9.90 Å². The van der Waals surface area contributed by atoms with Crippen molar-refractivity contribution in [1.29, 1.82) is 0 Å². The van der Waals surface area contributed by atoms with E-state index in [4.69, 9.17) is 0 Å².